The van der Waals surface area contributed by atoms with Gasteiger partial charge in [-0.2, -0.15) is 0 Å². The molecule has 1 N–H and O–H groups in total. The third kappa shape index (κ3) is 4.36. The summed E-state index contributed by atoms with van der Waals surface area (Å²) in [5, 5.41) is 9.70. The minimum Gasteiger partial charge on any atom is -0.488 e. The van der Waals surface area contributed by atoms with E-state index in [-0.39, 0.29) is 25.6 Å². The van der Waals surface area contributed by atoms with E-state index < -0.39 is 11.9 Å². The average molecular weight is 280 g/mol. The van der Waals surface area contributed by atoms with Gasteiger partial charge in [-0.3, -0.25) is 0 Å². The molecule has 1 aromatic heterocycles. The molecule has 0 fully saturated rings. The van der Waals surface area contributed by atoms with Gasteiger partial charge < -0.3 is 19.0 Å². The zero-order valence-corrected chi connectivity index (χ0v) is 11.2. The second kappa shape index (κ2) is 7.07. The van der Waals surface area contributed by atoms with E-state index in [0.717, 1.165) is 5.56 Å². The average Bonchev–Trinajstić information content (AvgIpc) is 2.93. The fourth-order valence-corrected chi connectivity index (χ4v) is 1.65. The molecule has 0 bridgehead atoms. The first-order valence-corrected chi connectivity index (χ1v) is 6.32. The van der Waals surface area contributed by atoms with Gasteiger partial charge in [-0.05, 0) is 36.8 Å². The van der Waals surface area contributed by atoms with Crippen LogP contribution in [0.15, 0.2) is 41.0 Å². The highest BCUT2D eigenvalue weighted by Crippen LogP contribution is 2.18. The third-order valence-corrected chi connectivity index (χ3v) is 2.65. The van der Waals surface area contributed by atoms with Crippen LogP contribution in [0.1, 0.15) is 11.3 Å². The Morgan fingerprint density at radius 3 is 2.90 bits per heavy atom. The van der Waals surface area contributed by atoms with E-state index in [0.29, 0.717) is 5.76 Å². The van der Waals surface area contributed by atoms with Gasteiger partial charge in [0, 0.05) is 0 Å². The van der Waals surface area contributed by atoms with Gasteiger partial charge in [0.25, 0.3) is 0 Å². The molecule has 20 heavy (non-hydrogen) atoms. The molecule has 108 valence electrons. The van der Waals surface area contributed by atoms with Crippen molar-refractivity contribution in [2.75, 3.05) is 13.2 Å². The molecule has 0 saturated heterocycles. The summed E-state index contributed by atoms with van der Waals surface area (Å²) in [6.07, 6.45) is 0.725. The molecule has 1 unspecified atom stereocenters. The summed E-state index contributed by atoms with van der Waals surface area (Å²) >= 11 is 0. The largest absolute Gasteiger partial charge is 0.488 e. The first-order valence-electron chi connectivity index (χ1n) is 6.32. The van der Waals surface area contributed by atoms with Gasteiger partial charge in [-0.15, -0.1) is 0 Å². The highest BCUT2D eigenvalue weighted by Gasteiger charge is 2.09. The molecule has 5 heteroatoms. The fraction of sp³-hybridized carbons (Fsp3) is 0.333. The Hall–Kier alpha value is -1.85. The number of aryl methyl sites for hydroxylation is 1. The van der Waals surface area contributed by atoms with E-state index in [4.69, 9.17) is 13.9 Å². The minimum absolute atomic E-state index is 0.0292. The van der Waals surface area contributed by atoms with Gasteiger partial charge in [0.05, 0.1) is 12.9 Å². The van der Waals surface area contributed by atoms with Crippen molar-refractivity contribution < 1.29 is 23.4 Å². The summed E-state index contributed by atoms with van der Waals surface area (Å²) in [6.45, 7) is 2.19. The molecule has 2 aromatic rings. The SMILES string of the molecule is Cc1ccc(F)c(OCC(O)COCc2ccco2)c1. The van der Waals surface area contributed by atoms with Gasteiger partial charge in [-0.1, -0.05) is 6.07 Å². The smallest absolute Gasteiger partial charge is 0.165 e. The number of rotatable bonds is 7. The topological polar surface area (TPSA) is 51.8 Å². The molecule has 4 nitrogen and oxygen atoms in total. The van der Waals surface area contributed by atoms with E-state index in [9.17, 15) is 9.50 Å². The number of halogens is 1. The maximum atomic E-state index is 13.4. The molecular formula is C15H17FO4. The second-order valence-corrected chi connectivity index (χ2v) is 4.49. The predicted octanol–water partition coefficient (Wildman–Crippen LogP) is 2.68. The molecule has 0 saturated carbocycles. The van der Waals surface area contributed by atoms with E-state index in [1.165, 1.54) is 6.07 Å². The van der Waals surface area contributed by atoms with Crippen LogP contribution < -0.4 is 4.74 Å². The molecule has 0 aliphatic carbocycles. The summed E-state index contributed by atoms with van der Waals surface area (Å²) in [4.78, 5) is 0. The molecule has 0 amide bonds. The van der Waals surface area contributed by atoms with Crippen LogP contribution in [-0.4, -0.2) is 24.4 Å². The highest BCUT2D eigenvalue weighted by atomic mass is 19.1. The summed E-state index contributed by atoms with van der Waals surface area (Å²) in [5.74, 6) is 0.372. The Bertz CT molecular complexity index is 525. The van der Waals surface area contributed by atoms with Crippen molar-refractivity contribution in [1.29, 1.82) is 0 Å². The Morgan fingerprint density at radius 2 is 2.15 bits per heavy atom. The number of aliphatic hydroxyl groups is 1. The monoisotopic (exact) mass is 280 g/mol. The Balaban J connectivity index is 1.71. The van der Waals surface area contributed by atoms with Gasteiger partial charge in [0.15, 0.2) is 11.6 Å². The lowest BCUT2D eigenvalue weighted by molar-refractivity contribution is 0.000280. The quantitative estimate of drug-likeness (QED) is 0.847. The normalized spacial score (nSPS) is 12.3. The molecule has 0 aliphatic rings. The summed E-state index contributed by atoms with van der Waals surface area (Å²) in [5.41, 5.74) is 0.893. The van der Waals surface area contributed by atoms with Gasteiger partial charge in [0.1, 0.15) is 25.1 Å². The van der Waals surface area contributed by atoms with Gasteiger partial charge in [0.2, 0.25) is 0 Å². The van der Waals surface area contributed by atoms with Crippen molar-refractivity contribution >= 4 is 0 Å². The van der Waals surface area contributed by atoms with Crippen LogP contribution in [-0.2, 0) is 11.3 Å². The van der Waals surface area contributed by atoms with Crippen molar-refractivity contribution in [2.45, 2.75) is 19.6 Å². The Kier molecular flexibility index (Phi) is 5.15. The first kappa shape index (κ1) is 14.6. The predicted molar refractivity (Wildman–Crippen MR) is 71.0 cm³/mol. The van der Waals surface area contributed by atoms with Crippen molar-refractivity contribution in [3.05, 3.63) is 53.7 Å². The molecular weight excluding hydrogens is 263 g/mol. The van der Waals surface area contributed by atoms with Gasteiger partial charge >= 0.3 is 0 Å². The van der Waals surface area contributed by atoms with Crippen LogP contribution in [0.2, 0.25) is 0 Å². The number of hydrogen-bond donors (Lipinski definition) is 1. The molecule has 1 heterocycles. The lowest BCUT2D eigenvalue weighted by atomic mass is 10.2. The number of benzene rings is 1. The van der Waals surface area contributed by atoms with Crippen LogP contribution in [0, 0.1) is 12.7 Å². The van der Waals surface area contributed by atoms with E-state index in [2.05, 4.69) is 0 Å². The van der Waals surface area contributed by atoms with E-state index in [1.54, 1.807) is 30.5 Å². The van der Waals surface area contributed by atoms with Crippen LogP contribution >= 0.6 is 0 Å². The number of furan rings is 1. The van der Waals surface area contributed by atoms with Gasteiger partial charge in [-0.25, -0.2) is 4.39 Å². The lowest BCUT2D eigenvalue weighted by Gasteiger charge is -2.13. The van der Waals surface area contributed by atoms with Crippen molar-refractivity contribution in [1.82, 2.24) is 0 Å². The number of aliphatic hydroxyl groups excluding tert-OH is 1. The number of hydrogen-bond acceptors (Lipinski definition) is 4. The first-order chi connectivity index (χ1) is 9.65. The van der Waals surface area contributed by atoms with Crippen molar-refractivity contribution in [3.8, 4) is 5.75 Å². The lowest BCUT2D eigenvalue weighted by Crippen LogP contribution is -2.23. The Labute approximate surface area is 116 Å². The summed E-state index contributed by atoms with van der Waals surface area (Å²) in [6, 6.07) is 8.13. The molecule has 1 atom stereocenters. The zero-order valence-electron chi connectivity index (χ0n) is 11.2. The maximum absolute atomic E-state index is 13.4. The minimum atomic E-state index is -0.829. The number of ether oxygens (including phenoxy) is 2. The summed E-state index contributed by atoms with van der Waals surface area (Å²) in [7, 11) is 0. The molecule has 0 radical (unpaired) electrons. The fourth-order valence-electron chi connectivity index (χ4n) is 1.65. The van der Waals surface area contributed by atoms with E-state index >= 15 is 0 Å². The van der Waals surface area contributed by atoms with Crippen molar-refractivity contribution in [3.63, 3.8) is 0 Å². The Morgan fingerprint density at radius 1 is 1.30 bits per heavy atom. The third-order valence-electron chi connectivity index (χ3n) is 2.65. The van der Waals surface area contributed by atoms with E-state index in [1.807, 2.05) is 6.92 Å². The van der Waals surface area contributed by atoms with Crippen LogP contribution in [0.4, 0.5) is 4.39 Å². The van der Waals surface area contributed by atoms with Crippen LogP contribution in [0.5, 0.6) is 5.75 Å². The van der Waals surface area contributed by atoms with Crippen molar-refractivity contribution in [2.24, 2.45) is 0 Å². The molecule has 0 spiro atoms. The van der Waals surface area contributed by atoms with Crippen LogP contribution in [0.25, 0.3) is 0 Å². The van der Waals surface area contributed by atoms with Crippen LogP contribution in [0.3, 0.4) is 0 Å². The molecule has 0 aliphatic heterocycles. The highest BCUT2D eigenvalue weighted by molar-refractivity contribution is 5.29. The molecule has 1 aromatic carbocycles. The standard InChI is InChI=1S/C15H17FO4/c1-11-4-5-14(16)15(7-11)20-9-12(17)8-18-10-13-3-2-6-19-13/h2-7,12,17H,8-10H2,1H3. The zero-order chi connectivity index (χ0) is 14.4. The second-order valence-electron chi connectivity index (χ2n) is 4.49. The molecule has 2 rings (SSSR count). The maximum Gasteiger partial charge on any atom is 0.165 e. The summed E-state index contributed by atoms with van der Waals surface area (Å²) < 4.78 is 29.0.